The molecule has 0 radical (unpaired) electrons. The molecular formula is C27H31ClN2O5. The number of amides is 1. The number of hydrogen-bond acceptors (Lipinski definition) is 6. The molecule has 2 aromatic carbocycles. The van der Waals surface area contributed by atoms with Crippen molar-refractivity contribution in [2.24, 2.45) is 0 Å². The van der Waals surface area contributed by atoms with E-state index in [0.29, 0.717) is 42.5 Å². The van der Waals surface area contributed by atoms with Gasteiger partial charge in [-0.15, -0.1) is 0 Å². The molecule has 7 nitrogen and oxygen atoms in total. The van der Waals surface area contributed by atoms with Gasteiger partial charge in [0, 0.05) is 36.8 Å². The molecule has 35 heavy (non-hydrogen) atoms. The molecule has 2 fully saturated rings. The van der Waals surface area contributed by atoms with Crippen molar-refractivity contribution in [1.82, 2.24) is 9.80 Å². The van der Waals surface area contributed by atoms with Gasteiger partial charge in [0.1, 0.15) is 11.5 Å². The number of ether oxygens (including phenoxy) is 2. The van der Waals surface area contributed by atoms with Crippen LogP contribution in [0.4, 0.5) is 0 Å². The first-order chi connectivity index (χ1) is 16.8. The number of ketones is 1. The van der Waals surface area contributed by atoms with E-state index in [4.69, 9.17) is 21.1 Å². The highest BCUT2D eigenvalue weighted by atomic mass is 35.5. The smallest absolute Gasteiger partial charge is 0.295 e. The quantitative estimate of drug-likeness (QED) is 0.332. The van der Waals surface area contributed by atoms with Crippen LogP contribution in [0.1, 0.15) is 37.4 Å². The third-order valence-electron chi connectivity index (χ3n) is 6.20. The van der Waals surface area contributed by atoms with Crippen LogP contribution in [0.5, 0.6) is 5.75 Å². The maximum atomic E-state index is 13.2. The summed E-state index contributed by atoms with van der Waals surface area (Å²) in [6.45, 7) is 8.18. The minimum Gasteiger partial charge on any atom is -0.507 e. The molecule has 1 N–H and O–H groups in total. The molecule has 0 saturated carbocycles. The number of halogens is 1. The fourth-order valence-electron chi connectivity index (χ4n) is 4.51. The van der Waals surface area contributed by atoms with Crippen LogP contribution in [-0.2, 0) is 14.3 Å². The van der Waals surface area contributed by atoms with E-state index < -0.39 is 17.7 Å². The summed E-state index contributed by atoms with van der Waals surface area (Å²) >= 11 is 6.09. The summed E-state index contributed by atoms with van der Waals surface area (Å²) in [6.07, 6.45) is 0.723. The predicted octanol–water partition coefficient (Wildman–Crippen LogP) is 4.27. The lowest BCUT2D eigenvalue weighted by Gasteiger charge is -2.29. The van der Waals surface area contributed by atoms with Crippen LogP contribution >= 0.6 is 11.6 Å². The highest BCUT2D eigenvalue weighted by molar-refractivity contribution is 6.46. The van der Waals surface area contributed by atoms with Gasteiger partial charge in [0.25, 0.3) is 11.7 Å². The van der Waals surface area contributed by atoms with Crippen LogP contribution in [0.2, 0.25) is 5.02 Å². The second kappa shape index (κ2) is 11.2. The average Bonchev–Trinajstić information content (AvgIpc) is 3.10. The molecule has 2 aromatic rings. The summed E-state index contributed by atoms with van der Waals surface area (Å²) < 4.78 is 11.1. The predicted molar refractivity (Wildman–Crippen MR) is 135 cm³/mol. The number of carbonyl (C=O) groups excluding carboxylic acids is 2. The lowest BCUT2D eigenvalue weighted by atomic mass is 9.95. The van der Waals surface area contributed by atoms with Crippen molar-refractivity contribution in [2.75, 3.05) is 39.4 Å². The number of benzene rings is 2. The Labute approximate surface area is 210 Å². The molecule has 2 heterocycles. The third-order valence-corrected chi connectivity index (χ3v) is 6.45. The number of aliphatic hydroxyl groups is 1. The zero-order valence-electron chi connectivity index (χ0n) is 20.1. The van der Waals surface area contributed by atoms with Crippen molar-refractivity contribution in [3.63, 3.8) is 0 Å². The van der Waals surface area contributed by atoms with E-state index in [0.717, 1.165) is 25.2 Å². The van der Waals surface area contributed by atoms with Gasteiger partial charge in [-0.1, -0.05) is 23.7 Å². The van der Waals surface area contributed by atoms with E-state index in [1.807, 2.05) is 13.8 Å². The molecular weight excluding hydrogens is 468 g/mol. The standard InChI is InChI=1S/C27H31ClN2O5/c1-18(2)35-22-10-6-20(7-11-22)25(31)23-24(19-4-8-21(28)9-5-19)30(27(33)26(23)32)13-3-12-29-14-16-34-17-15-29/h4-11,18,24,31H,3,12-17H2,1-2H3/t24-/m0/s1. The van der Waals surface area contributed by atoms with E-state index in [2.05, 4.69) is 4.90 Å². The first kappa shape index (κ1) is 25.2. The van der Waals surface area contributed by atoms with Crippen LogP contribution in [0.15, 0.2) is 54.1 Å². The van der Waals surface area contributed by atoms with E-state index in [9.17, 15) is 14.7 Å². The molecule has 2 saturated heterocycles. The SMILES string of the molecule is CC(C)Oc1ccc(C(O)=C2C(=O)C(=O)N(CCCN3CCOCC3)[C@H]2c2ccc(Cl)cc2)cc1. The first-order valence-corrected chi connectivity index (χ1v) is 12.3. The Morgan fingerprint density at radius 2 is 1.71 bits per heavy atom. The summed E-state index contributed by atoms with van der Waals surface area (Å²) in [5.41, 5.74) is 1.26. The van der Waals surface area contributed by atoms with Crippen LogP contribution in [0.3, 0.4) is 0 Å². The molecule has 1 amide bonds. The van der Waals surface area contributed by atoms with Gasteiger partial charge in [-0.05, 0) is 62.2 Å². The highest BCUT2D eigenvalue weighted by Gasteiger charge is 2.45. The number of aliphatic hydroxyl groups excluding tert-OH is 1. The second-order valence-corrected chi connectivity index (χ2v) is 9.48. The van der Waals surface area contributed by atoms with Gasteiger partial charge >= 0.3 is 0 Å². The van der Waals surface area contributed by atoms with E-state index in [1.54, 1.807) is 53.4 Å². The van der Waals surface area contributed by atoms with Crippen LogP contribution < -0.4 is 4.74 Å². The van der Waals surface area contributed by atoms with Crippen molar-refractivity contribution < 1.29 is 24.2 Å². The van der Waals surface area contributed by atoms with Crippen molar-refractivity contribution in [2.45, 2.75) is 32.4 Å². The number of rotatable bonds is 8. The monoisotopic (exact) mass is 498 g/mol. The summed E-state index contributed by atoms with van der Waals surface area (Å²) in [5.74, 6) is -0.825. The maximum absolute atomic E-state index is 13.2. The zero-order valence-corrected chi connectivity index (χ0v) is 20.8. The third kappa shape index (κ3) is 5.86. The summed E-state index contributed by atoms with van der Waals surface area (Å²) in [7, 11) is 0. The number of morpholine rings is 1. The zero-order chi connectivity index (χ0) is 24.9. The number of nitrogens with zero attached hydrogens (tertiary/aromatic N) is 2. The molecule has 1 atom stereocenters. The van der Waals surface area contributed by atoms with Gasteiger partial charge in [-0.2, -0.15) is 0 Å². The van der Waals surface area contributed by atoms with Gasteiger partial charge in [-0.25, -0.2) is 0 Å². The van der Waals surface area contributed by atoms with Gasteiger partial charge < -0.3 is 19.5 Å². The second-order valence-electron chi connectivity index (χ2n) is 9.04. The number of Topliss-reactive ketones (excluding diaryl/α,β-unsaturated/α-hetero) is 1. The lowest BCUT2D eigenvalue weighted by molar-refractivity contribution is -0.140. The average molecular weight is 499 g/mol. The molecule has 186 valence electrons. The molecule has 0 aromatic heterocycles. The fourth-order valence-corrected chi connectivity index (χ4v) is 4.64. The van der Waals surface area contributed by atoms with Crippen molar-refractivity contribution in [3.05, 3.63) is 70.3 Å². The summed E-state index contributed by atoms with van der Waals surface area (Å²) in [4.78, 5) is 30.1. The Morgan fingerprint density at radius 3 is 2.34 bits per heavy atom. The van der Waals surface area contributed by atoms with Crippen molar-refractivity contribution in [3.8, 4) is 5.75 Å². The highest BCUT2D eigenvalue weighted by Crippen LogP contribution is 2.40. The number of hydrogen-bond donors (Lipinski definition) is 1. The molecule has 4 rings (SSSR count). The van der Waals surface area contributed by atoms with E-state index >= 15 is 0 Å². The minimum absolute atomic E-state index is 0.0159. The Balaban J connectivity index is 1.64. The Morgan fingerprint density at radius 1 is 1.06 bits per heavy atom. The molecule has 0 unspecified atom stereocenters. The van der Waals surface area contributed by atoms with Crippen LogP contribution in [0, 0.1) is 0 Å². The Kier molecular flexibility index (Phi) is 8.11. The van der Waals surface area contributed by atoms with Gasteiger partial charge in [0.2, 0.25) is 0 Å². The summed E-state index contributed by atoms with van der Waals surface area (Å²) in [6, 6.07) is 13.2. The summed E-state index contributed by atoms with van der Waals surface area (Å²) in [5, 5.41) is 11.8. The lowest BCUT2D eigenvalue weighted by Crippen LogP contribution is -2.38. The van der Waals surface area contributed by atoms with Crippen molar-refractivity contribution in [1.29, 1.82) is 0 Å². The Bertz CT molecular complexity index is 1080. The van der Waals surface area contributed by atoms with E-state index in [-0.39, 0.29) is 17.4 Å². The molecule has 0 bridgehead atoms. The first-order valence-electron chi connectivity index (χ1n) is 12.0. The van der Waals surface area contributed by atoms with Crippen LogP contribution in [-0.4, -0.2) is 72.1 Å². The molecule has 8 heteroatoms. The van der Waals surface area contributed by atoms with E-state index in [1.165, 1.54) is 0 Å². The van der Waals surface area contributed by atoms with Gasteiger partial charge in [0.15, 0.2) is 0 Å². The van der Waals surface area contributed by atoms with Crippen molar-refractivity contribution >= 4 is 29.1 Å². The molecule has 0 aliphatic carbocycles. The normalized spacial score (nSPS) is 20.6. The fraction of sp³-hybridized carbons (Fsp3) is 0.407. The Hall–Kier alpha value is -2.87. The molecule has 2 aliphatic heterocycles. The minimum atomic E-state index is -0.691. The molecule has 2 aliphatic rings. The number of likely N-dealkylation sites (tertiary alicyclic amines) is 1. The topological polar surface area (TPSA) is 79.3 Å². The number of carbonyl (C=O) groups is 2. The van der Waals surface area contributed by atoms with Gasteiger partial charge in [0.05, 0.1) is 30.9 Å². The largest absolute Gasteiger partial charge is 0.507 e. The molecule has 0 spiro atoms. The van der Waals surface area contributed by atoms with Gasteiger partial charge in [-0.3, -0.25) is 14.5 Å². The maximum Gasteiger partial charge on any atom is 0.295 e. The van der Waals surface area contributed by atoms with Crippen LogP contribution in [0.25, 0.3) is 5.76 Å².